The molecule has 1 N–H and O–H groups in total. The van der Waals surface area contributed by atoms with Crippen LogP contribution in [0.2, 0.25) is 0 Å². The number of rotatable bonds is 9. The topological polar surface area (TPSA) is 15.3 Å². The smallest absolute Gasteiger partial charge is 0.0107 e. The molecule has 1 atom stereocenters. The third-order valence-electron chi connectivity index (χ3n) is 3.45. The van der Waals surface area contributed by atoms with Crippen molar-refractivity contribution in [1.29, 1.82) is 0 Å². The van der Waals surface area contributed by atoms with Gasteiger partial charge in [0.05, 0.1) is 0 Å². The molecule has 1 saturated carbocycles. The molecule has 2 nitrogen and oxygen atoms in total. The van der Waals surface area contributed by atoms with Gasteiger partial charge in [-0.05, 0) is 37.8 Å². The van der Waals surface area contributed by atoms with E-state index in [1.165, 1.54) is 52.0 Å². The molecule has 15 heavy (non-hydrogen) atoms. The second kappa shape index (κ2) is 7.24. The molecule has 2 heteroatoms. The van der Waals surface area contributed by atoms with Gasteiger partial charge < -0.3 is 10.2 Å². The van der Waals surface area contributed by atoms with Crippen molar-refractivity contribution in [2.75, 3.05) is 32.7 Å². The maximum Gasteiger partial charge on any atom is 0.0107 e. The lowest BCUT2D eigenvalue weighted by atomic mass is 10.1. The molecule has 0 aromatic heterocycles. The highest BCUT2D eigenvalue weighted by Gasteiger charge is 2.20. The van der Waals surface area contributed by atoms with Gasteiger partial charge in [0.2, 0.25) is 0 Å². The van der Waals surface area contributed by atoms with Crippen molar-refractivity contribution in [2.24, 2.45) is 11.8 Å². The summed E-state index contributed by atoms with van der Waals surface area (Å²) < 4.78 is 0. The second-order valence-electron chi connectivity index (χ2n) is 5.05. The molecule has 0 aromatic rings. The standard InChI is InChI=1S/C13H28N2/c1-4-12(3)11-15(5-2)9-8-14-10-13-6-7-13/h12-14H,4-11H2,1-3H3. The number of hydrogen-bond donors (Lipinski definition) is 1. The van der Waals surface area contributed by atoms with Gasteiger partial charge in [0, 0.05) is 19.6 Å². The Hall–Kier alpha value is -0.0800. The summed E-state index contributed by atoms with van der Waals surface area (Å²) in [5.41, 5.74) is 0. The molecule has 0 amide bonds. The zero-order valence-electron chi connectivity index (χ0n) is 10.8. The van der Waals surface area contributed by atoms with Gasteiger partial charge in [-0.25, -0.2) is 0 Å². The molecule has 0 aliphatic heterocycles. The van der Waals surface area contributed by atoms with Crippen molar-refractivity contribution in [3.05, 3.63) is 0 Å². The van der Waals surface area contributed by atoms with Crippen LogP contribution in [0.1, 0.15) is 40.0 Å². The van der Waals surface area contributed by atoms with E-state index in [9.17, 15) is 0 Å². The van der Waals surface area contributed by atoms with Crippen LogP contribution >= 0.6 is 0 Å². The maximum absolute atomic E-state index is 3.56. The van der Waals surface area contributed by atoms with Crippen molar-refractivity contribution < 1.29 is 0 Å². The van der Waals surface area contributed by atoms with E-state index in [0.29, 0.717) is 0 Å². The number of nitrogens with zero attached hydrogens (tertiary/aromatic N) is 1. The average molecular weight is 212 g/mol. The minimum Gasteiger partial charge on any atom is -0.315 e. The van der Waals surface area contributed by atoms with Crippen molar-refractivity contribution in [3.63, 3.8) is 0 Å². The van der Waals surface area contributed by atoms with E-state index in [4.69, 9.17) is 0 Å². The number of nitrogens with one attached hydrogen (secondary N) is 1. The second-order valence-corrected chi connectivity index (χ2v) is 5.05. The van der Waals surface area contributed by atoms with E-state index < -0.39 is 0 Å². The number of likely N-dealkylation sites (N-methyl/N-ethyl adjacent to an activating group) is 1. The Balaban J connectivity index is 1.98. The minimum atomic E-state index is 0.841. The van der Waals surface area contributed by atoms with Crippen LogP contribution in [0.5, 0.6) is 0 Å². The molecule has 1 fully saturated rings. The lowest BCUT2D eigenvalue weighted by Crippen LogP contribution is -2.35. The van der Waals surface area contributed by atoms with Crippen LogP contribution in [-0.4, -0.2) is 37.6 Å². The van der Waals surface area contributed by atoms with Crippen molar-refractivity contribution >= 4 is 0 Å². The zero-order valence-corrected chi connectivity index (χ0v) is 10.8. The molecule has 0 saturated heterocycles. The van der Waals surface area contributed by atoms with Crippen LogP contribution < -0.4 is 5.32 Å². The normalized spacial score (nSPS) is 18.4. The fourth-order valence-electron chi connectivity index (χ4n) is 1.81. The third-order valence-corrected chi connectivity index (χ3v) is 3.45. The highest BCUT2D eigenvalue weighted by Crippen LogP contribution is 2.27. The molecule has 0 bridgehead atoms. The van der Waals surface area contributed by atoms with Crippen LogP contribution in [0.15, 0.2) is 0 Å². The summed E-state index contributed by atoms with van der Waals surface area (Å²) in [5.74, 6) is 1.85. The molecule has 1 aliphatic carbocycles. The van der Waals surface area contributed by atoms with Gasteiger partial charge in [0.15, 0.2) is 0 Å². The predicted octanol–water partition coefficient (Wildman–Crippen LogP) is 2.35. The summed E-state index contributed by atoms with van der Waals surface area (Å²) in [4.78, 5) is 2.56. The SMILES string of the molecule is CCC(C)CN(CC)CCNCC1CC1. The molecule has 0 aromatic carbocycles. The summed E-state index contributed by atoms with van der Waals surface area (Å²) in [5, 5.41) is 3.56. The largest absolute Gasteiger partial charge is 0.315 e. The molecule has 90 valence electrons. The Morgan fingerprint density at radius 2 is 2.07 bits per heavy atom. The minimum absolute atomic E-state index is 0.841. The van der Waals surface area contributed by atoms with Gasteiger partial charge in [-0.1, -0.05) is 27.2 Å². The molecule has 1 rings (SSSR count). The highest BCUT2D eigenvalue weighted by molar-refractivity contribution is 4.75. The zero-order chi connectivity index (χ0) is 11.1. The van der Waals surface area contributed by atoms with Gasteiger partial charge in [-0.3, -0.25) is 0 Å². The van der Waals surface area contributed by atoms with Crippen LogP contribution in [0, 0.1) is 11.8 Å². The Morgan fingerprint density at radius 3 is 2.60 bits per heavy atom. The van der Waals surface area contributed by atoms with Crippen molar-refractivity contribution in [2.45, 2.75) is 40.0 Å². The lowest BCUT2D eigenvalue weighted by Gasteiger charge is -2.23. The molecule has 1 aliphatic rings. The molecule has 1 unspecified atom stereocenters. The van der Waals surface area contributed by atoms with E-state index in [1.54, 1.807) is 0 Å². The molecule has 0 spiro atoms. The summed E-state index contributed by atoms with van der Waals surface area (Å²) >= 11 is 0. The van der Waals surface area contributed by atoms with Gasteiger partial charge in [0.1, 0.15) is 0 Å². The first-order valence-corrected chi connectivity index (χ1v) is 6.69. The highest BCUT2D eigenvalue weighted by atomic mass is 15.1. The average Bonchev–Trinajstić information content (AvgIpc) is 3.06. The third kappa shape index (κ3) is 6.16. The lowest BCUT2D eigenvalue weighted by molar-refractivity contribution is 0.245. The summed E-state index contributed by atoms with van der Waals surface area (Å²) in [7, 11) is 0. The van der Waals surface area contributed by atoms with Crippen LogP contribution in [-0.2, 0) is 0 Å². The van der Waals surface area contributed by atoms with E-state index in [0.717, 1.165) is 11.8 Å². The molecule has 0 radical (unpaired) electrons. The fourth-order valence-corrected chi connectivity index (χ4v) is 1.81. The molecular weight excluding hydrogens is 184 g/mol. The summed E-state index contributed by atoms with van der Waals surface area (Å²) in [6.07, 6.45) is 4.21. The first-order chi connectivity index (χ1) is 7.26. The fraction of sp³-hybridized carbons (Fsp3) is 1.00. The Bertz CT molecular complexity index is 155. The first-order valence-electron chi connectivity index (χ1n) is 6.69. The molecule has 0 heterocycles. The van der Waals surface area contributed by atoms with E-state index in [1.807, 2.05) is 0 Å². The van der Waals surface area contributed by atoms with Gasteiger partial charge in [0.25, 0.3) is 0 Å². The van der Waals surface area contributed by atoms with Crippen LogP contribution in [0.25, 0.3) is 0 Å². The Labute approximate surface area is 95.4 Å². The van der Waals surface area contributed by atoms with E-state index >= 15 is 0 Å². The van der Waals surface area contributed by atoms with Gasteiger partial charge in [-0.2, -0.15) is 0 Å². The monoisotopic (exact) mass is 212 g/mol. The summed E-state index contributed by atoms with van der Waals surface area (Å²) in [6, 6.07) is 0. The Morgan fingerprint density at radius 1 is 1.33 bits per heavy atom. The van der Waals surface area contributed by atoms with Gasteiger partial charge >= 0.3 is 0 Å². The van der Waals surface area contributed by atoms with E-state index in [-0.39, 0.29) is 0 Å². The van der Waals surface area contributed by atoms with E-state index in [2.05, 4.69) is 31.0 Å². The summed E-state index contributed by atoms with van der Waals surface area (Å²) in [6.45, 7) is 13.0. The maximum atomic E-state index is 3.56. The quantitative estimate of drug-likeness (QED) is 0.590. The van der Waals surface area contributed by atoms with Gasteiger partial charge in [-0.15, -0.1) is 0 Å². The van der Waals surface area contributed by atoms with Crippen molar-refractivity contribution in [3.8, 4) is 0 Å². The van der Waals surface area contributed by atoms with Crippen molar-refractivity contribution in [1.82, 2.24) is 10.2 Å². The number of hydrogen-bond acceptors (Lipinski definition) is 2. The predicted molar refractivity (Wildman–Crippen MR) is 67.2 cm³/mol. The van der Waals surface area contributed by atoms with Crippen LogP contribution in [0.4, 0.5) is 0 Å². The first kappa shape index (κ1) is 13.0. The molecular formula is C13H28N2. The Kier molecular flexibility index (Phi) is 6.26. The van der Waals surface area contributed by atoms with Crippen LogP contribution in [0.3, 0.4) is 0 Å².